The molecule has 4 heteroatoms. The molecule has 1 aromatic heterocycles. The first-order chi connectivity index (χ1) is 7.20. The molecule has 0 fully saturated rings. The molecule has 1 N–H and O–H groups in total. The van der Waals surface area contributed by atoms with Crippen LogP contribution >= 0.6 is 0 Å². The van der Waals surface area contributed by atoms with Crippen molar-refractivity contribution in [3.63, 3.8) is 0 Å². The lowest BCUT2D eigenvalue weighted by Crippen LogP contribution is -2.01. The maximum Gasteiger partial charge on any atom is 0.307 e. The van der Waals surface area contributed by atoms with Crippen LogP contribution in [0.1, 0.15) is 12.5 Å². The number of nitrogens with zero attached hydrogens (tertiary/aromatic N) is 2. The van der Waals surface area contributed by atoms with Gasteiger partial charge in [0.1, 0.15) is 0 Å². The van der Waals surface area contributed by atoms with Crippen molar-refractivity contribution >= 4 is 16.9 Å². The number of fused-ring (bicyclic) bond motifs is 1. The van der Waals surface area contributed by atoms with Crippen molar-refractivity contribution in [1.82, 2.24) is 9.78 Å². The zero-order valence-electron chi connectivity index (χ0n) is 8.47. The van der Waals surface area contributed by atoms with Gasteiger partial charge in [0.05, 0.1) is 11.9 Å². The summed E-state index contributed by atoms with van der Waals surface area (Å²) >= 11 is 0. The average Bonchev–Trinajstić information content (AvgIpc) is 2.61. The number of carbonyl (C=O) groups is 1. The summed E-state index contributed by atoms with van der Waals surface area (Å²) in [7, 11) is 0. The molecule has 0 amide bonds. The van der Waals surface area contributed by atoms with Crippen LogP contribution in [0.2, 0.25) is 0 Å². The van der Waals surface area contributed by atoms with E-state index >= 15 is 0 Å². The molecule has 0 aliphatic heterocycles. The summed E-state index contributed by atoms with van der Waals surface area (Å²) in [5.74, 6) is -0.825. The molecule has 2 aromatic rings. The average molecular weight is 204 g/mol. The van der Waals surface area contributed by atoms with Gasteiger partial charge >= 0.3 is 5.97 Å². The van der Waals surface area contributed by atoms with Gasteiger partial charge in [0, 0.05) is 18.1 Å². The van der Waals surface area contributed by atoms with Crippen LogP contribution in [0.5, 0.6) is 0 Å². The van der Waals surface area contributed by atoms with Crippen molar-refractivity contribution in [2.75, 3.05) is 0 Å². The first-order valence-electron chi connectivity index (χ1n) is 4.87. The number of carboxylic acids is 1. The van der Waals surface area contributed by atoms with Crippen LogP contribution in [0.4, 0.5) is 0 Å². The SMILES string of the molecule is CCn1cc2cccc(CC(=O)O)c2n1. The smallest absolute Gasteiger partial charge is 0.307 e. The van der Waals surface area contributed by atoms with Gasteiger partial charge in [0.25, 0.3) is 0 Å². The number of aryl methyl sites for hydroxylation is 1. The lowest BCUT2D eigenvalue weighted by atomic mass is 10.1. The van der Waals surface area contributed by atoms with Crippen LogP contribution in [0.15, 0.2) is 24.4 Å². The van der Waals surface area contributed by atoms with Gasteiger partial charge in [-0.05, 0) is 12.5 Å². The second kappa shape index (κ2) is 3.73. The quantitative estimate of drug-likeness (QED) is 0.827. The first-order valence-corrected chi connectivity index (χ1v) is 4.87. The van der Waals surface area contributed by atoms with E-state index in [1.54, 1.807) is 0 Å². The van der Waals surface area contributed by atoms with Crippen LogP contribution in [-0.2, 0) is 17.8 Å². The molecular weight excluding hydrogens is 192 g/mol. The fourth-order valence-corrected chi connectivity index (χ4v) is 1.62. The molecule has 0 aliphatic rings. The van der Waals surface area contributed by atoms with Gasteiger partial charge in [-0.25, -0.2) is 0 Å². The Bertz CT molecular complexity index is 502. The number of aromatic nitrogens is 2. The van der Waals surface area contributed by atoms with Gasteiger partial charge in [-0.3, -0.25) is 9.48 Å². The van der Waals surface area contributed by atoms with E-state index in [0.717, 1.165) is 23.0 Å². The molecule has 0 saturated heterocycles. The van der Waals surface area contributed by atoms with Gasteiger partial charge in [0.15, 0.2) is 0 Å². The Morgan fingerprint density at radius 3 is 3.00 bits per heavy atom. The molecule has 0 saturated carbocycles. The van der Waals surface area contributed by atoms with Crippen molar-refractivity contribution in [3.05, 3.63) is 30.0 Å². The Morgan fingerprint density at radius 2 is 2.33 bits per heavy atom. The van der Waals surface area contributed by atoms with E-state index in [9.17, 15) is 4.79 Å². The minimum absolute atomic E-state index is 0.0259. The Labute approximate surface area is 87.1 Å². The molecule has 0 aliphatic carbocycles. The summed E-state index contributed by atoms with van der Waals surface area (Å²) in [5.41, 5.74) is 1.56. The second-order valence-electron chi connectivity index (χ2n) is 3.41. The standard InChI is InChI=1S/C11H12N2O2/c1-2-13-7-9-5-3-4-8(6-10(14)15)11(9)12-13/h3-5,7H,2,6H2,1H3,(H,14,15). The van der Waals surface area contributed by atoms with Crippen LogP contribution in [0, 0.1) is 0 Å². The highest BCUT2D eigenvalue weighted by molar-refractivity contribution is 5.85. The molecule has 0 bridgehead atoms. The molecule has 2 rings (SSSR count). The Balaban J connectivity index is 2.54. The molecule has 4 nitrogen and oxygen atoms in total. The van der Waals surface area contributed by atoms with Crippen molar-refractivity contribution < 1.29 is 9.90 Å². The molecule has 0 spiro atoms. The Hall–Kier alpha value is -1.84. The lowest BCUT2D eigenvalue weighted by Gasteiger charge is -1.97. The van der Waals surface area contributed by atoms with E-state index in [-0.39, 0.29) is 6.42 Å². The van der Waals surface area contributed by atoms with Crippen molar-refractivity contribution in [1.29, 1.82) is 0 Å². The van der Waals surface area contributed by atoms with Crippen molar-refractivity contribution in [2.45, 2.75) is 19.9 Å². The van der Waals surface area contributed by atoms with Gasteiger partial charge in [-0.1, -0.05) is 18.2 Å². The minimum atomic E-state index is -0.825. The molecule has 78 valence electrons. The maximum atomic E-state index is 10.7. The van der Waals surface area contributed by atoms with E-state index < -0.39 is 5.97 Å². The van der Waals surface area contributed by atoms with Gasteiger partial charge < -0.3 is 5.11 Å². The zero-order chi connectivity index (χ0) is 10.8. The number of benzene rings is 1. The monoisotopic (exact) mass is 204 g/mol. The molecule has 1 aromatic carbocycles. The fraction of sp³-hybridized carbons (Fsp3) is 0.273. The predicted molar refractivity (Wildman–Crippen MR) is 56.7 cm³/mol. The van der Waals surface area contributed by atoms with E-state index in [2.05, 4.69) is 5.10 Å². The third kappa shape index (κ3) is 1.83. The third-order valence-electron chi connectivity index (χ3n) is 2.33. The molecule has 1 heterocycles. The van der Waals surface area contributed by atoms with Crippen LogP contribution in [-0.4, -0.2) is 20.9 Å². The Kier molecular flexibility index (Phi) is 2.41. The molecule has 0 radical (unpaired) electrons. The Morgan fingerprint density at radius 1 is 1.53 bits per heavy atom. The number of aliphatic carboxylic acids is 1. The molecule has 0 unspecified atom stereocenters. The van der Waals surface area contributed by atoms with Gasteiger partial charge in [0.2, 0.25) is 0 Å². The largest absolute Gasteiger partial charge is 0.481 e. The third-order valence-corrected chi connectivity index (χ3v) is 2.33. The molecule has 0 atom stereocenters. The summed E-state index contributed by atoms with van der Waals surface area (Å²) in [6.45, 7) is 2.80. The highest BCUT2D eigenvalue weighted by Crippen LogP contribution is 2.17. The number of hydrogen-bond donors (Lipinski definition) is 1. The van der Waals surface area contributed by atoms with E-state index in [4.69, 9.17) is 5.11 Å². The highest BCUT2D eigenvalue weighted by atomic mass is 16.4. The lowest BCUT2D eigenvalue weighted by molar-refractivity contribution is -0.136. The number of hydrogen-bond acceptors (Lipinski definition) is 2. The van der Waals surface area contributed by atoms with Gasteiger partial charge in [-0.15, -0.1) is 0 Å². The summed E-state index contributed by atoms with van der Waals surface area (Å²) in [6.07, 6.45) is 1.96. The highest BCUT2D eigenvalue weighted by Gasteiger charge is 2.08. The topological polar surface area (TPSA) is 55.1 Å². The summed E-state index contributed by atoms with van der Waals surface area (Å²) in [6, 6.07) is 5.62. The molecular formula is C11H12N2O2. The maximum absolute atomic E-state index is 10.7. The number of carboxylic acid groups (broad SMARTS) is 1. The zero-order valence-corrected chi connectivity index (χ0v) is 8.47. The summed E-state index contributed by atoms with van der Waals surface area (Å²) in [4.78, 5) is 10.7. The van der Waals surface area contributed by atoms with E-state index in [1.165, 1.54) is 0 Å². The normalized spacial score (nSPS) is 10.7. The number of rotatable bonds is 3. The summed E-state index contributed by atoms with van der Waals surface area (Å²) < 4.78 is 1.82. The van der Waals surface area contributed by atoms with E-state index in [1.807, 2.05) is 36.0 Å². The fourth-order valence-electron chi connectivity index (χ4n) is 1.62. The van der Waals surface area contributed by atoms with Crippen LogP contribution in [0.25, 0.3) is 10.9 Å². The van der Waals surface area contributed by atoms with Crippen molar-refractivity contribution in [2.24, 2.45) is 0 Å². The summed E-state index contributed by atoms with van der Waals surface area (Å²) in [5, 5.41) is 14.1. The van der Waals surface area contributed by atoms with Crippen molar-refractivity contribution in [3.8, 4) is 0 Å². The first kappa shape index (κ1) is 9.71. The van der Waals surface area contributed by atoms with Crippen LogP contribution in [0.3, 0.4) is 0 Å². The van der Waals surface area contributed by atoms with Crippen LogP contribution < -0.4 is 0 Å². The minimum Gasteiger partial charge on any atom is -0.481 e. The van der Waals surface area contributed by atoms with Gasteiger partial charge in [-0.2, -0.15) is 5.10 Å². The molecule has 15 heavy (non-hydrogen) atoms. The predicted octanol–water partition coefficient (Wildman–Crippen LogP) is 1.68. The van der Waals surface area contributed by atoms with E-state index in [0.29, 0.717) is 0 Å². The second-order valence-corrected chi connectivity index (χ2v) is 3.41.